The van der Waals surface area contributed by atoms with E-state index >= 15 is 0 Å². The minimum absolute atomic E-state index is 0.0617. The summed E-state index contributed by atoms with van der Waals surface area (Å²) in [4.78, 5) is 82.7. The summed E-state index contributed by atoms with van der Waals surface area (Å²) in [6.07, 6.45) is 1.84. The van der Waals surface area contributed by atoms with E-state index in [0.29, 0.717) is 29.8 Å². The van der Waals surface area contributed by atoms with E-state index in [1.807, 2.05) is 6.08 Å². The van der Waals surface area contributed by atoms with Gasteiger partial charge in [-0.2, -0.15) is 0 Å². The van der Waals surface area contributed by atoms with Gasteiger partial charge in [-0.25, -0.2) is 4.79 Å². The van der Waals surface area contributed by atoms with E-state index in [1.54, 1.807) is 26.8 Å². The molecule has 2 fully saturated rings. The summed E-state index contributed by atoms with van der Waals surface area (Å²) < 4.78 is 5.57. The first-order chi connectivity index (χ1) is 19.5. The van der Waals surface area contributed by atoms with Crippen LogP contribution in [0.15, 0.2) is 18.2 Å². The number of carbonyl (C=O) groups is 6. The molecule has 3 aliphatic carbocycles. The Morgan fingerprint density at radius 3 is 2.38 bits per heavy atom. The number of phenols is 1. The summed E-state index contributed by atoms with van der Waals surface area (Å²) in [7, 11) is 3.06. The van der Waals surface area contributed by atoms with Crippen LogP contribution in [0, 0.1) is 23.7 Å². The van der Waals surface area contributed by atoms with Crippen molar-refractivity contribution in [3.05, 3.63) is 34.9 Å². The maximum absolute atomic E-state index is 14.0. The van der Waals surface area contributed by atoms with Crippen molar-refractivity contribution in [3.63, 3.8) is 0 Å². The van der Waals surface area contributed by atoms with Gasteiger partial charge in [-0.05, 0) is 77.7 Å². The Morgan fingerprint density at radius 2 is 1.79 bits per heavy atom. The third-order valence-electron chi connectivity index (χ3n) is 8.82. The van der Waals surface area contributed by atoms with Crippen LogP contribution in [0.5, 0.6) is 5.75 Å². The van der Waals surface area contributed by atoms with Crippen molar-refractivity contribution < 1.29 is 43.7 Å². The number of nitrogens with zero attached hydrogens (tertiary/aromatic N) is 2. The van der Waals surface area contributed by atoms with Crippen LogP contribution in [0.1, 0.15) is 55.1 Å². The van der Waals surface area contributed by atoms with E-state index in [4.69, 9.17) is 10.5 Å². The fourth-order valence-corrected chi connectivity index (χ4v) is 7.17. The van der Waals surface area contributed by atoms with Crippen LogP contribution in [-0.2, 0) is 30.3 Å². The predicted molar refractivity (Wildman–Crippen MR) is 147 cm³/mol. The zero-order valence-electron chi connectivity index (χ0n) is 24.2. The fourth-order valence-electron chi connectivity index (χ4n) is 7.17. The van der Waals surface area contributed by atoms with Gasteiger partial charge in [0.2, 0.25) is 5.91 Å². The van der Waals surface area contributed by atoms with Gasteiger partial charge in [-0.3, -0.25) is 33.8 Å². The first-order valence-corrected chi connectivity index (χ1v) is 13.9. The van der Waals surface area contributed by atoms with E-state index < -0.39 is 76.0 Å². The second-order valence-electron chi connectivity index (χ2n) is 12.8. The molecule has 1 heterocycles. The molecule has 1 aromatic carbocycles. The van der Waals surface area contributed by atoms with Crippen molar-refractivity contribution in [1.29, 1.82) is 0 Å². The molecule has 2 saturated carbocycles. The molecule has 224 valence electrons. The van der Waals surface area contributed by atoms with E-state index in [0.717, 1.165) is 0 Å². The minimum atomic E-state index is -2.79. The molecule has 1 aromatic rings. The van der Waals surface area contributed by atoms with Gasteiger partial charge in [0.05, 0.1) is 23.2 Å². The first-order valence-electron chi connectivity index (χ1n) is 13.9. The lowest BCUT2D eigenvalue weighted by Crippen LogP contribution is -2.74. The van der Waals surface area contributed by atoms with Gasteiger partial charge in [-0.15, -0.1) is 0 Å². The number of aromatic hydroxyl groups is 1. The van der Waals surface area contributed by atoms with Crippen molar-refractivity contribution in [2.24, 2.45) is 29.4 Å². The number of fused-ring (bicyclic) bond motifs is 3. The molecule has 2 amide bonds. The van der Waals surface area contributed by atoms with Crippen molar-refractivity contribution in [2.45, 2.75) is 57.3 Å². The zero-order valence-corrected chi connectivity index (χ0v) is 24.2. The molecular weight excluding hydrogens is 546 g/mol. The molecule has 4 aliphatic rings. The lowest BCUT2D eigenvalue weighted by Gasteiger charge is -2.52. The number of Topliss-reactive ketones (excluding diaryl/α,β-unsaturated/α-hetero) is 4. The summed E-state index contributed by atoms with van der Waals surface area (Å²) in [5.74, 6) is -11.1. The molecule has 0 spiro atoms. The maximum Gasteiger partial charge on any atom is 0.414 e. The second kappa shape index (κ2) is 9.84. The first kappa shape index (κ1) is 29.6. The Bertz CT molecular complexity index is 1470. The standard InChI is InChI=1S/C30H35N3O9/c1-29(2,3)42-28(40)33-10-6-7-17(33)14-8-9-18(34)20-15(14)11-13-12-16-22(32(4)5)24(36)21(27(31)39)26(38)30(16,41)25(37)19(13)23(20)35/h7-9,13,16,19,21-22,34,41H,6,10-12H2,1-5H3,(H2,31,39)/t13-,16-,19?,21?,22-,30-/m0/s1. The lowest BCUT2D eigenvalue weighted by molar-refractivity contribution is -0.181. The van der Waals surface area contributed by atoms with Gasteiger partial charge >= 0.3 is 6.09 Å². The molecular formula is C30H35N3O9. The van der Waals surface area contributed by atoms with E-state index in [1.165, 1.54) is 30.0 Å². The van der Waals surface area contributed by atoms with Crippen LogP contribution in [0.25, 0.3) is 5.70 Å². The number of hydrogen-bond acceptors (Lipinski definition) is 10. The highest BCUT2D eigenvalue weighted by Gasteiger charge is 2.69. The third-order valence-corrected chi connectivity index (χ3v) is 8.82. The summed E-state index contributed by atoms with van der Waals surface area (Å²) in [6, 6.07) is 1.72. The predicted octanol–water partition coefficient (Wildman–Crippen LogP) is 0.849. The van der Waals surface area contributed by atoms with Gasteiger partial charge in [0.1, 0.15) is 11.4 Å². The molecule has 0 bridgehead atoms. The number of ether oxygens (including phenoxy) is 1. The van der Waals surface area contributed by atoms with Gasteiger partial charge in [0, 0.05) is 18.0 Å². The number of amides is 2. The third kappa shape index (κ3) is 4.27. The Morgan fingerprint density at radius 1 is 1.12 bits per heavy atom. The maximum atomic E-state index is 14.0. The Balaban J connectivity index is 1.60. The van der Waals surface area contributed by atoms with Crippen molar-refractivity contribution in [3.8, 4) is 5.75 Å². The number of ketones is 4. The molecule has 0 aromatic heterocycles. The van der Waals surface area contributed by atoms with Gasteiger partial charge in [0.25, 0.3) is 0 Å². The normalized spacial score (nSPS) is 31.0. The highest BCUT2D eigenvalue weighted by atomic mass is 16.6. The van der Waals surface area contributed by atoms with Crippen molar-refractivity contribution in [1.82, 2.24) is 9.80 Å². The molecule has 12 nitrogen and oxygen atoms in total. The van der Waals surface area contributed by atoms with Gasteiger partial charge < -0.3 is 20.7 Å². The number of hydrogen-bond donors (Lipinski definition) is 3. The highest BCUT2D eigenvalue weighted by Crippen LogP contribution is 2.51. The number of aliphatic hydroxyl groups is 1. The number of nitrogens with two attached hydrogens (primary N) is 1. The largest absolute Gasteiger partial charge is 0.507 e. The number of phenolic OH excluding ortho intramolecular Hbond substituents is 1. The molecule has 0 saturated heterocycles. The summed E-state index contributed by atoms with van der Waals surface area (Å²) in [5.41, 5.74) is 3.14. The molecule has 1 aliphatic heterocycles. The van der Waals surface area contributed by atoms with Crippen molar-refractivity contribution in [2.75, 3.05) is 20.6 Å². The van der Waals surface area contributed by atoms with Crippen LogP contribution in [0.3, 0.4) is 0 Å². The number of rotatable bonds is 3. The molecule has 0 radical (unpaired) electrons. The van der Waals surface area contributed by atoms with Crippen LogP contribution in [-0.4, -0.2) is 93.0 Å². The SMILES string of the molecule is CN(C)[C@@H]1C(=O)C(C(N)=O)C(=O)[C@@]2(O)C(=O)C3C(=O)c4c(O)ccc(C5=CCCN5C(=O)OC(C)(C)C)c4C[C@H]3C[C@@H]12. The Hall–Kier alpha value is -3.90. The molecule has 42 heavy (non-hydrogen) atoms. The zero-order chi connectivity index (χ0) is 31.0. The van der Waals surface area contributed by atoms with Crippen LogP contribution in [0.2, 0.25) is 0 Å². The number of likely N-dealkylation sites (N-methyl/N-ethyl adjacent to an activating group) is 1. The van der Waals surface area contributed by atoms with Gasteiger partial charge in [0.15, 0.2) is 34.7 Å². The lowest BCUT2D eigenvalue weighted by atomic mass is 9.52. The minimum Gasteiger partial charge on any atom is -0.507 e. The second-order valence-corrected chi connectivity index (χ2v) is 12.8. The molecule has 12 heteroatoms. The van der Waals surface area contributed by atoms with E-state index in [9.17, 15) is 39.0 Å². The van der Waals surface area contributed by atoms with Crippen LogP contribution >= 0.6 is 0 Å². The number of primary amides is 1. The monoisotopic (exact) mass is 581 g/mol. The number of carbonyl (C=O) groups excluding carboxylic acids is 6. The summed E-state index contributed by atoms with van der Waals surface area (Å²) >= 11 is 0. The Labute approximate surface area is 242 Å². The quantitative estimate of drug-likeness (QED) is 0.432. The van der Waals surface area contributed by atoms with E-state index in [-0.39, 0.29) is 24.2 Å². The summed E-state index contributed by atoms with van der Waals surface area (Å²) in [6.45, 7) is 5.60. The molecule has 4 N–H and O–H groups in total. The molecule has 2 unspecified atom stereocenters. The Kier molecular flexibility index (Phi) is 6.93. The van der Waals surface area contributed by atoms with Crippen LogP contribution < -0.4 is 5.73 Å². The number of benzene rings is 1. The van der Waals surface area contributed by atoms with Crippen LogP contribution in [0.4, 0.5) is 4.79 Å². The summed E-state index contributed by atoms with van der Waals surface area (Å²) in [5, 5.41) is 22.5. The highest BCUT2D eigenvalue weighted by molar-refractivity contribution is 6.32. The smallest absolute Gasteiger partial charge is 0.414 e. The fraction of sp³-hybridized carbons (Fsp3) is 0.533. The molecule has 5 rings (SSSR count). The van der Waals surface area contributed by atoms with E-state index in [2.05, 4.69) is 0 Å². The molecule has 6 atom stereocenters. The van der Waals surface area contributed by atoms with Crippen molar-refractivity contribution >= 4 is 40.8 Å². The average Bonchev–Trinajstić information content (AvgIpc) is 3.35. The van der Waals surface area contributed by atoms with Gasteiger partial charge in [-0.1, -0.05) is 6.08 Å². The average molecular weight is 582 g/mol. The topological polar surface area (TPSA) is 185 Å².